The average molecular weight is 238 g/mol. The van der Waals surface area contributed by atoms with Crippen molar-refractivity contribution in [3.63, 3.8) is 0 Å². The van der Waals surface area contributed by atoms with E-state index in [4.69, 9.17) is 5.73 Å². The Labute approximate surface area is 103 Å². The maximum Gasteiger partial charge on any atom is 0.126 e. The first kappa shape index (κ1) is 14.1. The van der Waals surface area contributed by atoms with E-state index >= 15 is 0 Å². The van der Waals surface area contributed by atoms with E-state index in [2.05, 4.69) is 19.2 Å². The van der Waals surface area contributed by atoms with Gasteiger partial charge in [0.25, 0.3) is 0 Å². The second-order valence-corrected chi connectivity index (χ2v) is 5.22. The first-order chi connectivity index (χ1) is 8.05. The van der Waals surface area contributed by atoms with Gasteiger partial charge in [-0.2, -0.15) is 0 Å². The van der Waals surface area contributed by atoms with Crippen LogP contribution in [-0.4, -0.2) is 19.6 Å². The summed E-state index contributed by atoms with van der Waals surface area (Å²) in [4.78, 5) is 0. The second kappa shape index (κ2) is 6.72. The van der Waals surface area contributed by atoms with Crippen molar-refractivity contribution in [3.8, 4) is 0 Å². The van der Waals surface area contributed by atoms with Gasteiger partial charge in [-0.25, -0.2) is 4.39 Å². The Morgan fingerprint density at radius 3 is 2.65 bits per heavy atom. The molecular weight excluding hydrogens is 215 g/mol. The van der Waals surface area contributed by atoms with Crippen molar-refractivity contribution in [2.75, 3.05) is 19.6 Å². The fourth-order valence-electron chi connectivity index (χ4n) is 1.83. The molecule has 0 heterocycles. The molecule has 0 aliphatic heterocycles. The van der Waals surface area contributed by atoms with Gasteiger partial charge in [0.2, 0.25) is 0 Å². The molecule has 0 amide bonds. The Bertz CT molecular complexity index is 337. The van der Waals surface area contributed by atoms with Crippen LogP contribution in [0, 0.1) is 11.2 Å². The summed E-state index contributed by atoms with van der Waals surface area (Å²) >= 11 is 0. The summed E-state index contributed by atoms with van der Waals surface area (Å²) in [5, 5.41) is 3.36. The predicted molar refractivity (Wildman–Crippen MR) is 70.4 cm³/mol. The molecule has 3 heteroatoms. The summed E-state index contributed by atoms with van der Waals surface area (Å²) in [6.07, 6.45) is 1.73. The van der Waals surface area contributed by atoms with E-state index in [0.29, 0.717) is 6.54 Å². The van der Waals surface area contributed by atoms with E-state index in [-0.39, 0.29) is 11.2 Å². The Kier molecular flexibility index (Phi) is 5.59. The number of hydrogen-bond acceptors (Lipinski definition) is 2. The lowest BCUT2D eigenvalue weighted by Gasteiger charge is -2.24. The molecule has 0 spiro atoms. The fraction of sp³-hybridized carbons (Fsp3) is 0.571. The molecule has 0 fully saturated rings. The van der Waals surface area contributed by atoms with Gasteiger partial charge in [-0.15, -0.1) is 0 Å². The third-order valence-corrected chi connectivity index (χ3v) is 2.95. The van der Waals surface area contributed by atoms with Crippen LogP contribution < -0.4 is 11.1 Å². The van der Waals surface area contributed by atoms with E-state index in [1.54, 1.807) is 6.07 Å². The fourth-order valence-corrected chi connectivity index (χ4v) is 1.83. The molecule has 1 aromatic carbocycles. The first-order valence-electron chi connectivity index (χ1n) is 6.19. The van der Waals surface area contributed by atoms with Crippen LogP contribution in [0.2, 0.25) is 0 Å². The number of benzene rings is 1. The highest BCUT2D eigenvalue weighted by atomic mass is 19.1. The summed E-state index contributed by atoms with van der Waals surface area (Å²) < 4.78 is 13.3. The normalized spacial score (nSPS) is 11.8. The van der Waals surface area contributed by atoms with Crippen molar-refractivity contribution in [1.29, 1.82) is 0 Å². The first-order valence-corrected chi connectivity index (χ1v) is 6.19. The number of halogens is 1. The van der Waals surface area contributed by atoms with Gasteiger partial charge in [-0.1, -0.05) is 32.0 Å². The van der Waals surface area contributed by atoms with Gasteiger partial charge < -0.3 is 11.1 Å². The molecule has 3 N–H and O–H groups in total. The predicted octanol–water partition coefficient (Wildman–Crippen LogP) is 2.33. The maximum absolute atomic E-state index is 13.3. The highest BCUT2D eigenvalue weighted by Gasteiger charge is 2.15. The quantitative estimate of drug-likeness (QED) is 0.716. The molecule has 1 rings (SSSR count). The van der Waals surface area contributed by atoms with Crippen molar-refractivity contribution >= 4 is 0 Å². The Hall–Kier alpha value is -0.930. The van der Waals surface area contributed by atoms with Crippen LogP contribution in [-0.2, 0) is 6.42 Å². The summed E-state index contributed by atoms with van der Waals surface area (Å²) in [6.45, 7) is 6.81. The monoisotopic (exact) mass is 238 g/mol. The standard InChI is InChI=1S/C14H23FN2/c1-14(2,8-9-16)11-17-10-7-12-5-3-4-6-13(12)15/h3-6,17H,7-11,16H2,1-2H3. The van der Waals surface area contributed by atoms with Crippen molar-refractivity contribution < 1.29 is 4.39 Å². The smallest absolute Gasteiger partial charge is 0.126 e. The van der Waals surface area contributed by atoms with Gasteiger partial charge in [-0.3, -0.25) is 0 Å². The molecule has 0 radical (unpaired) electrons. The molecule has 0 saturated heterocycles. The van der Waals surface area contributed by atoms with Crippen LogP contribution in [0.25, 0.3) is 0 Å². The lowest BCUT2D eigenvalue weighted by Crippen LogP contribution is -2.32. The lowest BCUT2D eigenvalue weighted by atomic mass is 9.89. The Morgan fingerprint density at radius 1 is 1.29 bits per heavy atom. The molecular formula is C14H23FN2. The van der Waals surface area contributed by atoms with Crippen LogP contribution in [0.15, 0.2) is 24.3 Å². The number of nitrogens with one attached hydrogen (secondary N) is 1. The molecule has 0 atom stereocenters. The minimum Gasteiger partial charge on any atom is -0.330 e. The summed E-state index contributed by atoms with van der Waals surface area (Å²) in [5.41, 5.74) is 6.54. The topological polar surface area (TPSA) is 38.0 Å². The Morgan fingerprint density at radius 2 is 2.00 bits per heavy atom. The molecule has 2 nitrogen and oxygen atoms in total. The molecule has 0 aromatic heterocycles. The molecule has 1 aromatic rings. The SMILES string of the molecule is CC(C)(CCN)CNCCc1ccccc1F. The van der Waals surface area contributed by atoms with E-state index < -0.39 is 0 Å². The third-order valence-electron chi connectivity index (χ3n) is 2.95. The molecule has 17 heavy (non-hydrogen) atoms. The van der Waals surface area contributed by atoms with Crippen LogP contribution in [0.1, 0.15) is 25.8 Å². The van der Waals surface area contributed by atoms with Crippen molar-refractivity contribution in [3.05, 3.63) is 35.6 Å². The van der Waals surface area contributed by atoms with Gasteiger partial charge in [-0.05, 0) is 43.0 Å². The van der Waals surface area contributed by atoms with Crippen LogP contribution in [0.4, 0.5) is 4.39 Å². The highest BCUT2D eigenvalue weighted by molar-refractivity contribution is 5.17. The van der Waals surface area contributed by atoms with Gasteiger partial charge in [0, 0.05) is 6.54 Å². The van der Waals surface area contributed by atoms with E-state index in [1.807, 2.05) is 12.1 Å². The molecule has 0 bridgehead atoms. The zero-order chi connectivity index (χ0) is 12.7. The van der Waals surface area contributed by atoms with Gasteiger partial charge >= 0.3 is 0 Å². The molecule has 0 aliphatic rings. The van der Waals surface area contributed by atoms with Crippen molar-refractivity contribution in [1.82, 2.24) is 5.32 Å². The largest absolute Gasteiger partial charge is 0.330 e. The highest BCUT2D eigenvalue weighted by Crippen LogP contribution is 2.17. The zero-order valence-electron chi connectivity index (χ0n) is 10.8. The van der Waals surface area contributed by atoms with Gasteiger partial charge in [0.1, 0.15) is 5.82 Å². The zero-order valence-corrected chi connectivity index (χ0v) is 10.8. The van der Waals surface area contributed by atoms with Crippen molar-refractivity contribution in [2.45, 2.75) is 26.7 Å². The number of nitrogens with two attached hydrogens (primary N) is 1. The minimum atomic E-state index is -0.115. The molecule has 0 aliphatic carbocycles. The summed E-state index contributed by atoms with van der Waals surface area (Å²) in [5.74, 6) is -0.115. The maximum atomic E-state index is 13.3. The van der Waals surface area contributed by atoms with Crippen LogP contribution >= 0.6 is 0 Å². The number of hydrogen-bond donors (Lipinski definition) is 2. The summed E-state index contributed by atoms with van der Waals surface area (Å²) in [6, 6.07) is 6.93. The third kappa shape index (κ3) is 5.29. The van der Waals surface area contributed by atoms with Crippen molar-refractivity contribution in [2.24, 2.45) is 11.1 Å². The van der Waals surface area contributed by atoms with E-state index in [0.717, 1.165) is 31.5 Å². The van der Waals surface area contributed by atoms with Crippen LogP contribution in [0.3, 0.4) is 0 Å². The molecule has 0 saturated carbocycles. The summed E-state index contributed by atoms with van der Waals surface area (Å²) in [7, 11) is 0. The number of rotatable bonds is 7. The molecule has 0 unspecified atom stereocenters. The van der Waals surface area contributed by atoms with E-state index in [1.165, 1.54) is 6.07 Å². The van der Waals surface area contributed by atoms with E-state index in [9.17, 15) is 4.39 Å². The second-order valence-electron chi connectivity index (χ2n) is 5.22. The molecule has 96 valence electrons. The van der Waals surface area contributed by atoms with Gasteiger partial charge in [0.15, 0.2) is 0 Å². The lowest BCUT2D eigenvalue weighted by molar-refractivity contribution is 0.320. The van der Waals surface area contributed by atoms with Gasteiger partial charge in [0.05, 0.1) is 0 Å². The average Bonchev–Trinajstić information content (AvgIpc) is 2.26. The van der Waals surface area contributed by atoms with Crippen LogP contribution in [0.5, 0.6) is 0 Å². The Balaban J connectivity index is 2.27. The minimum absolute atomic E-state index is 0.115.